The van der Waals surface area contributed by atoms with Crippen LogP contribution in [-0.2, 0) is 6.54 Å². The largest absolute Gasteiger partial charge is 0.494 e. The summed E-state index contributed by atoms with van der Waals surface area (Å²) in [6, 6.07) is 16.5. The summed E-state index contributed by atoms with van der Waals surface area (Å²) in [7, 11) is 3.17. The topological polar surface area (TPSA) is 100 Å². The second-order valence-electron chi connectivity index (χ2n) is 6.41. The Balaban J connectivity index is 1.61. The van der Waals surface area contributed by atoms with Crippen molar-refractivity contribution in [1.82, 2.24) is 4.98 Å². The predicted octanol–water partition coefficient (Wildman–Crippen LogP) is 4.22. The average Bonchev–Trinajstić information content (AvgIpc) is 2.79. The van der Waals surface area contributed by atoms with E-state index in [2.05, 4.69) is 15.3 Å². The van der Waals surface area contributed by atoms with Gasteiger partial charge >= 0.3 is 0 Å². The lowest BCUT2D eigenvalue weighted by Gasteiger charge is -2.11. The van der Waals surface area contributed by atoms with Crippen molar-refractivity contribution in [3.63, 3.8) is 0 Å². The number of aromatic nitrogens is 1. The van der Waals surface area contributed by atoms with Gasteiger partial charge in [0.15, 0.2) is 17.5 Å². The van der Waals surface area contributed by atoms with Crippen LogP contribution in [0.2, 0.25) is 0 Å². The van der Waals surface area contributed by atoms with E-state index in [0.29, 0.717) is 36.3 Å². The molecule has 3 N–H and O–H groups in total. The van der Waals surface area contributed by atoms with Crippen LogP contribution in [0.15, 0.2) is 65.8 Å². The zero-order chi connectivity index (χ0) is 22.1. The van der Waals surface area contributed by atoms with Gasteiger partial charge in [-0.15, -0.1) is 0 Å². The molecule has 2 aromatic carbocycles. The maximum atomic E-state index is 6.02. The van der Waals surface area contributed by atoms with Crippen LogP contribution in [-0.4, -0.2) is 31.8 Å². The van der Waals surface area contributed by atoms with Crippen molar-refractivity contribution in [3.05, 3.63) is 66.4 Å². The van der Waals surface area contributed by atoms with Crippen LogP contribution in [0.4, 0.5) is 5.69 Å². The van der Waals surface area contributed by atoms with Gasteiger partial charge in [-0.1, -0.05) is 0 Å². The molecule has 1 aromatic heterocycles. The molecule has 0 unspecified atom stereocenters. The number of benzene rings is 2. The Morgan fingerprint density at radius 1 is 0.968 bits per heavy atom. The predicted molar refractivity (Wildman–Crippen MR) is 120 cm³/mol. The van der Waals surface area contributed by atoms with Crippen LogP contribution < -0.4 is 30.0 Å². The van der Waals surface area contributed by atoms with Gasteiger partial charge in [-0.05, 0) is 55.0 Å². The molecule has 0 bridgehead atoms. The summed E-state index contributed by atoms with van der Waals surface area (Å²) >= 11 is 0. The molecule has 0 atom stereocenters. The number of aliphatic imine (C=N–C) groups is 1. The first-order valence-electron chi connectivity index (χ1n) is 9.76. The molecule has 0 fully saturated rings. The van der Waals surface area contributed by atoms with Gasteiger partial charge < -0.3 is 30.0 Å². The summed E-state index contributed by atoms with van der Waals surface area (Å²) in [4.78, 5) is 8.63. The third kappa shape index (κ3) is 6.27. The smallest absolute Gasteiger partial charge is 0.219 e. The minimum absolute atomic E-state index is 0.276. The van der Waals surface area contributed by atoms with Gasteiger partial charge in [0.1, 0.15) is 11.5 Å². The van der Waals surface area contributed by atoms with Gasteiger partial charge in [-0.3, -0.25) is 0 Å². The molecule has 3 aromatic rings. The number of hydrogen-bond acceptors (Lipinski definition) is 6. The molecule has 162 valence electrons. The van der Waals surface area contributed by atoms with E-state index in [0.717, 1.165) is 17.0 Å². The summed E-state index contributed by atoms with van der Waals surface area (Å²) < 4.78 is 21.8. The third-order valence-corrected chi connectivity index (χ3v) is 4.24. The quantitative estimate of drug-likeness (QED) is 0.393. The van der Waals surface area contributed by atoms with E-state index < -0.39 is 0 Å². The highest BCUT2D eigenvalue weighted by molar-refractivity contribution is 5.92. The Morgan fingerprint density at radius 3 is 2.42 bits per heavy atom. The summed E-state index contributed by atoms with van der Waals surface area (Å²) in [5, 5.41) is 3.04. The monoisotopic (exact) mass is 422 g/mol. The maximum absolute atomic E-state index is 6.02. The van der Waals surface area contributed by atoms with Gasteiger partial charge in [0.2, 0.25) is 5.88 Å². The van der Waals surface area contributed by atoms with Crippen LogP contribution in [0.5, 0.6) is 28.9 Å². The molecule has 0 aliphatic rings. The summed E-state index contributed by atoms with van der Waals surface area (Å²) in [6.07, 6.45) is 1.67. The molecular weight excluding hydrogens is 396 g/mol. The molecule has 3 rings (SSSR count). The Kier molecular flexibility index (Phi) is 7.53. The van der Waals surface area contributed by atoms with E-state index in [9.17, 15) is 0 Å². The number of ether oxygens (including phenoxy) is 4. The fourth-order valence-corrected chi connectivity index (χ4v) is 2.77. The maximum Gasteiger partial charge on any atom is 0.219 e. The van der Waals surface area contributed by atoms with E-state index >= 15 is 0 Å². The summed E-state index contributed by atoms with van der Waals surface area (Å²) in [6.45, 7) is 2.93. The Hall–Kier alpha value is -3.94. The van der Waals surface area contributed by atoms with Gasteiger partial charge in [-0.25, -0.2) is 9.98 Å². The molecule has 8 nitrogen and oxygen atoms in total. The molecule has 0 amide bonds. The van der Waals surface area contributed by atoms with Gasteiger partial charge in [0.25, 0.3) is 0 Å². The van der Waals surface area contributed by atoms with Crippen molar-refractivity contribution < 1.29 is 18.9 Å². The molecule has 0 saturated heterocycles. The Bertz CT molecular complexity index is 1020. The lowest BCUT2D eigenvalue weighted by atomic mass is 10.2. The Labute approximate surface area is 181 Å². The second-order valence-corrected chi connectivity index (χ2v) is 6.41. The van der Waals surface area contributed by atoms with Crippen molar-refractivity contribution in [2.75, 3.05) is 26.1 Å². The fraction of sp³-hybridized carbons (Fsp3) is 0.217. The summed E-state index contributed by atoms with van der Waals surface area (Å²) in [5.74, 6) is 3.46. The number of rotatable bonds is 9. The molecule has 0 saturated carbocycles. The van der Waals surface area contributed by atoms with Crippen LogP contribution in [0, 0.1) is 0 Å². The minimum Gasteiger partial charge on any atom is -0.494 e. The number of nitrogens with zero attached hydrogens (tertiary/aromatic N) is 2. The first kappa shape index (κ1) is 21.8. The first-order valence-corrected chi connectivity index (χ1v) is 9.76. The highest BCUT2D eigenvalue weighted by Crippen LogP contribution is 2.29. The van der Waals surface area contributed by atoms with Gasteiger partial charge in [0.05, 0.1) is 27.4 Å². The normalized spacial score (nSPS) is 11.0. The first-order chi connectivity index (χ1) is 15.1. The van der Waals surface area contributed by atoms with E-state index in [1.54, 1.807) is 32.5 Å². The Morgan fingerprint density at radius 2 is 1.71 bits per heavy atom. The number of methoxy groups -OCH3 is 2. The van der Waals surface area contributed by atoms with E-state index in [-0.39, 0.29) is 5.96 Å². The lowest BCUT2D eigenvalue weighted by Crippen LogP contribution is -2.22. The molecule has 0 radical (unpaired) electrons. The van der Waals surface area contributed by atoms with Gasteiger partial charge in [-0.2, -0.15) is 0 Å². The van der Waals surface area contributed by atoms with E-state index in [1.165, 1.54) is 0 Å². The van der Waals surface area contributed by atoms with E-state index in [4.69, 9.17) is 24.7 Å². The van der Waals surface area contributed by atoms with Crippen LogP contribution >= 0.6 is 0 Å². The molecule has 0 aliphatic heterocycles. The van der Waals surface area contributed by atoms with E-state index in [1.807, 2.05) is 49.4 Å². The van der Waals surface area contributed by atoms with Crippen LogP contribution in [0.25, 0.3) is 0 Å². The van der Waals surface area contributed by atoms with Crippen molar-refractivity contribution in [1.29, 1.82) is 0 Å². The number of hydrogen-bond donors (Lipinski definition) is 2. The number of nitrogens with two attached hydrogens (primary N) is 1. The van der Waals surface area contributed by atoms with Crippen molar-refractivity contribution in [2.24, 2.45) is 10.7 Å². The molecular formula is C23H26N4O4. The molecule has 31 heavy (non-hydrogen) atoms. The SMILES string of the molecule is CCOc1ccc(Oc2cc(CN=C(N)Nc3ccc(OC)c(OC)c3)ccn2)cc1. The van der Waals surface area contributed by atoms with Crippen LogP contribution in [0.1, 0.15) is 12.5 Å². The lowest BCUT2D eigenvalue weighted by molar-refractivity contribution is 0.339. The number of guanidine groups is 1. The molecule has 1 heterocycles. The molecule has 0 aliphatic carbocycles. The number of nitrogens with one attached hydrogen (secondary N) is 1. The standard InChI is InChI=1S/C23H26N4O4/c1-4-30-18-6-8-19(9-7-18)31-22-13-16(11-12-25-22)15-26-23(24)27-17-5-10-20(28-2)21(14-17)29-3/h5-14H,4,15H2,1-3H3,(H3,24,26,27). The van der Waals surface area contributed by atoms with Gasteiger partial charge in [0, 0.05) is 24.0 Å². The highest BCUT2D eigenvalue weighted by atomic mass is 16.5. The van der Waals surface area contributed by atoms with Crippen molar-refractivity contribution in [3.8, 4) is 28.9 Å². The minimum atomic E-state index is 0.276. The molecule has 0 spiro atoms. The fourth-order valence-electron chi connectivity index (χ4n) is 2.77. The number of anilines is 1. The zero-order valence-corrected chi connectivity index (χ0v) is 17.8. The van der Waals surface area contributed by atoms with Crippen LogP contribution in [0.3, 0.4) is 0 Å². The zero-order valence-electron chi connectivity index (χ0n) is 17.8. The highest BCUT2D eigenvalue weighted by Gasteiger charge is 2.06. The van der Waals surface area contributed by atoms with Crippen molar-refractivity contribution in [2.45, 2.75) is 13.5 Å². The summed E-state index contributed by atoms with van der Waals surface area (Å²) in [5.41, 5.74) is 7.68. The molecule has 8 heteroatoms. The van der Waals surface area contributed by atoms with Crippen molar-refractivity contribution >= 4 is 11.6 Å². The third-order valence-electron chi connectivity index (χ3n) is 4.24. The second kappa shape index (κ2) is 10.7. The number of pyridine rings is 1. The average molecular weight is 422 g/mol.